The highest BCUT2D eigenvalue weighted by Gasteiger charge is 2.30. The van der Waals surface area contributed by atoms with Crippen LogP contribution in [-0.2, 0) is 14.3 Å². The predicted octanol–water partition coefficient (Wildman–Crippen LogP) is -1.24. The van der Waals surface area contributed by atoms with Crippen LogP contribution in [0.25, 0.3) is 0 Å². The first-order chi connectivity index (χ1) is 9.95. The van der Waals surface area contributed by atoms with E-state index < -0.39 is 6.10 Å². The maximum absolute atomic E-state index is 12.2. The van der Waals surface area contributed by atoms with Crippen molar-refractivity contribution in [2.24, 2.45) is 0 Å². The first-order valence-corrected chi connectivity index (χ1v) is 7.40. The monoisotopic (exact) mass is 303 g/mol. The number of hydrogen-bond donors (Lipinski definition) is 2. The number of ether oxygens (including phenoxy) is 2. The minimum atomic E-state index is -0.611. The first-order valence-electron chi connectivity index (χ1n) is 7.40. The Hall–Kier alpha value is -0.730. The lowest BCUT2D eigenvalue weighted by Crippen LogP contribution is -2.59. The summed E-state index contributed by atoms with van der Waals surface area (Å²) >= 11 is 0. The van der Waals surface area contributed by atoms with Gasteiger partial charge in [-0.1, -0.05) is 0 Å². The number of amides is 1. The van der Waals surface area contributed by atoms with Crippen LogP contribution in [-0.4, -0.2) is 99.7 Å². The Balaban J connectivity index is 2.44. The summed E-state index contributed by atoms with van der Waals surface area (Å²) in [4.78, 5) is 15.8. The normalized spacial score (nSPS) is 22.8. The fourth-order valence-electron chi connectivity index (χ4n) is 2.39. The van der Waals surface area contributed by atoms with Gasteiger partial charge in [-0.15, -0.1) is 0 Å². The molecule has 1 fully saturated rings. The highest BCUT2D eigenvalue weighted by atomic mass is 16.5. The topological polar surface area (TPSA) is 74.3 Å². The molecule has 21 heavy (non-hydrogen) atoms. The third-order valence-electron chi connectivity index (χ3n) is 3.50. The molecule has 3 unspecified atom stereocenters. The zero-order valence-corrected chi connectivity index (χ0v) is 13.5. The largest absolute Gasteiger partial charge is 0.389 e. The molecular formula is C14H29N3O4. The number of hydrogen-bond acceptors (Lipinski definition) is 6. The SMILES string of the molecule is COCC(C)OCC(O)CN1CCNCC1C(=O)N(C)C. The van der Waals surface area contributed by atoms with Gasteiger partial charge < -0.3 is 24.8 Å². The lowest BCUT2D eigenvalue weighted by Gasteiger charge is -2.37. The van der Waals surface area contributed by atoms with Gasteiger partial charge >= 0.3 is 0 Å². The molecular weight excluding hydrogens is 274 g/mol. The van der Waals surface area contributed by atoms with Crippen molar-refractivity contribution in [2.75, 3.05) is 60.6 Å². The molecule has 0 aromatic rings. The van der Waals surface area contributed by atoms with Crippen LogP contribution in [0.3, 0.4) is 0 Å². The Bertz CT molecular complexity index is 315. The maximum atomic E-state index is 12.2. The summed E-state index contributed by atoms with van der Waals surface area (Å²) in [6.45, 7) is 5.27. The van der Waals surface area contributed by atoms with E-state index in [1.807, 2.05) is 11.8 Å². The lowest BCUT2D eigenvalue weighted by atomic mass is 10.1. The molecule has 3 atom stereocenters. The fourth-order valence-corrected chi connectivity index (χ4v) is 2.39. The number of nitrogens with one attached hydrogen (secondary N) is 1. The van der Waals surface area contributed by atoms with E-state index in [0.29, 0.717) is 19.7 Å². The van der Waals surface area contributed by atoms with E-state index in [1.54, 1.807) is 26.1 Å². The fraction of sp³-hybridized carbons (Fsp3) is 0.929. The van der Waals surface area contributed by atoms with E-state index in [-0.39, 0.29) is 24.7 Å². The number of piperazine rings is 1. The third-order valence-corrected chi connectivity index (χ3v) is 3.50. The predicted molar refractivity (Wildman–Crippen MR) is 80.2 cm³/mol. The van der Waals surface area contributed by atoms with Crippen molar-refractivity contribution in [3.8, 4) is 0 Å². The molecule has 1 rings (SSSR count). The number of rotatable bonds is 8. The van der Waals surface area contributed by atoms with E-state index >= 15 is 0 Å². The third kappa shape index (κ3) is 6.27. The molecule has 1 heterocycles. The molecule has 2 N–H and O–H groups in total. The van der Waals surface area contributed by atoms with Crippen molar-refractivity contribution < 1.29 is 19.4 Å². The van der Waals surface area contributed by atoms with Crippen molar-refractivity contribution >= 4 is 5.91 Å². The van der Waals surface area contributed by atoms with E-state index in [4.69, 9.17) is 9.47 Å². The molecule has 1 aliphatic heterocycles. The van der Waals surface area contributed by atoms with Gasteiger partial charge in [0.1, 0.15) is 6.04 Å². The number of methoxy groups -OCH3 is 1. The summed E-state index contributed by atoms with van der Waals surface area (Å²) in [5.74, 6) is 0.0584. The van der Waals surface area contributed by atoms with E-state index in [2.05, 4.69) is 5.32 Å². The van der Waals surface area contributed by atoms with Crippen molar-refractivity contribution in [3.05, 3.63) is 0 Å². The molecule has 1 amide bonds. The number of aliphatic hydroxyl groups excluding tert-OH is 1. The summed E-state index contributed by atoms with van der Waals surface area (Å²) in [6.07, 6.45) is -0.660. The summed E-state index contributed by atoms with van der Waals surface area (Å²) in [5.41, 5.74) is 0. The minimum Gasteiger partial charge on any atom is -0.389 e. The molecule has 1 saturated heterocycles. The molecule has 0 aliphatic carbocycles. The highest BCUT2D eigenvalue weighted by Crippen LogP contribution is 2.08. The van der Waals surface area contributed by atoms with Crippen LogP contribution in [0.2, 0.25) is 0 Å². The summed E-state index contributed by atoms with van der Waals surface area (Å²) in [7, 11) is 5.12. The second kappa shape index (κ2) is 9.32. The lowest BCUT2D eigenvalue weighted by molar-refractivity contribution is -0.136. The molecule has 0 aromatic heterocycles. The molecule has 0 bridgehead atoms. The zero-order chi connectivity index (χ0) is 15.8. The van der Waals surface area contributed by atoms with Crippen molar-refractivity contribution in [1.82, 2.24) is 15.1 Å². The van der Waals surface area contributed by atoms with Crippen molar-refractivity contribution in [3.63, 3.8) is 0 Å². The molecule has 7 heteroatoms. The average Bonchev–Trinajstić information content (AvgIpc) is 2.45. The number of carbonyl (C=O) groups is 1. The standard InChI is InChI=1S/C14H29N3O4/c1-11(9-20-4)21-10-12(18)8-17-6-5-15-7-13(17)14(19)16(2)3/h11-13,15,18H,5-10H2,1-4H3. The Labute approximate surface area is 127 Å². The van der Waals surface area contributed by atoms with Crippen LogP contribution >= 0.6 is 0 Å². The summed E-state index contributed by atoms with van der Waals surface area (Å²) in [6, 6.07) is -0.222. The second-order valence-corrected chi connectivity index (χ2v) is 5.70. The average molecular weight is 303 g/mol. The van der Waals surface area contributed by atoms with E-state index in [1.165, 1.54) is 0 Å². The Morgan fingerprint density at radius 2 is 2.19 bits per heavy atom. The number of likely N-dealkylation sites (N-methyl/N-ethyl adjacent to an activating group) is 1. The number of β-amino-alcohol motifs (C(OH)–C–C–N with tert-alkyl or cyclic N) is 1. The zero-order valence-electron chi connectivity index (χ0n) is 13.5. The van der Waals surface area contributed by atoms with Crippen molar-refractivity contribution in [2.45, 2.75) is 25.2 Å². The van der Waals surface area contributed by atoms with Gasteiger partial charge in [0.05, 0.1) is 25.4 Å². The highest BCUT2D eigenvalue weighted by molar-refractivity contribution is 5.81. The Kier molecular flexibility index (Phi) is 8.13. The smallest absolute Gasteiger partial charge is 0.240 e. The van der Waals surface area contributed by atoms with Gasteiger partial charge in [0.15, 0.2) is 0 Å². The number of carbonyl (C=O) groups excluding carboxylic acids is 1. The van der Waals surface area contributed by atoms with Gasteiger partial charge in [-0.2, -0.15) is 0 Å². The maximum Gasteiger partial charge on any atom is 0.240 e. The quantitative estimate of drug-likeness (QED) is 0.584. The van der Waals surface area contributed by atoms with Gasteiger partial charge in [0.2, 0.25) is 5.91 Å². The van der Waals surface area contributed by atoms with Crippen LogP contribution in [0, 0.1) is 0 Å². The molecule has 7 nitrogen and oxygen atoms in total. The Morgan fingerprint density at radius 3 is 2.81 bits per heavy atom. The van der Waals surface area contributed by atoms with Crippen LogP contribution in [0.15, 0.2) is 0 Å². The molecule has 0 saturated carbocycles. The van der Waals surface area contributed by atoms with Crippen LogP contribution < -0.4 is 5.32 Å². The van der Waals surface area contributed by atoms with Crippen LogP contribution in [0.5, 0.6) is 0 Å². The first kappa shape index (κ1) is 18.3. The number of aliphatic hydroxyl groups is 1. The Morgan fingerprint density at radius 1 is 1.48 bits per heavy atom. The van der Waals surface area contributed by atoms with Crippen LogP contribution in [0.1, 0.15) is 6.92 Å². The van der Waals surface area contributed by atoms with Crippen molar-refractivity contribution in [1.29, 1.82) is 0 Å². The minimum absolute atomic E-state index is 0.0492. The van der Waals surface area contributed by atoms with E-state index in [0.717, 1.165) is 13.1 Å². The summed E-state index contributed by atoms with van der Waals surface area (Å²) < 4.78 is 10.5. The van der Waals surface area contributed by atoms with Gasteiger partial charge in [-0.25, -0.2) is 0 Å². The molecule has 0 spiro atoms. The van der Waals surface area contributed by atoms with Gasteiger partial charge in [0.25, 0.3) is 0 Å². The van der Waals surface area contributed by atoms with E-state index in [9.17, 15) is 9.90 Å². The molecule has 0 radical (unpaired) electrons. The van der Waals surface area contributed by atoms with Gasteiger partial charge in [-0.05, 0) is 6.92 Å². The van der Waals surface area contributed by atoms with Gasteiger partial charge in [0, 0.05) is 47.4 Å². The van der Waals surface area contributed by atoms with Crippen LogP contribution in [0.4, 0.5) is 0 Å². The molecule has 1 aliphatic rings. The molecule has 124 valence electrons. The summed E-state index contributed by atoms with van der Waals surface area (Å²) in [5, 5.41) is 13.3. The van der Waals surface area contributed by atoms with Gasteiger partial charge in [-0.3, -0.25) is 9.69 Å². The molecule has 0 aromatic carbocycles. The number of nitrogens with zero attached hydrogens (tertiary/aromatic N) is 2. The second-order valence-electron chi connectivity index (χ2n) is 5.70.